The molecular formula is C21H24O5. The highest BCUT2D eigenvalue weighted by Gasteiger charge is 2.15. The number of unbranched alkanes of at least 4 members (excludes halogenated alkanes) is 1. The van der Waals surface area contributed by atoms with Crippen LogP contribution in [0.1, 0.15) is 47.4 Å². The van der Waals surface area contributed by atoms with Gasteiger partial charge in [-0.25, -0.2) is 4.79 Å². The molecule has 138 valence electrons. The third kappa shape index (κ3) is 5.62. The van der Waals surface area contributed by atoms with Crippen LogP contribution in [0.3, 0.4) is 0 Å². The van der Waals surface area contributed by atoms with Crippen molar-refractivity contribution in [2.24, 2.45) is 0 Å². The van der Waals surface area contributed by atoms with Crippen molar-refractivity contribution in [1.29, 1.82) is 0 Å². The Bertz CT molecular complexity index is 724. The van der Waals surface area contributed by atoms with Crippen LogP contribution in [0.25, 0.3) is 0 Å². The van der Waals surface area contributed by atoms with E-state index in [0.717, 1.165) is 12.8 Å². The number of Topliss-reactive ketones (excluding diaryl/α,β-unsaturated/α-hetero) is 1. The third-order valence-corrected chi connectivity index (χ3v) is 3.66. The fourth-order valence-corrected chi connectivity index (χ4v) is 2.27. The van der Waals surface area contributed by atoms with Gasteiger partial charge in [0.1, 0.15) is 0 Å². The molecule has 2 rings (SSSR count). The molecule has 26 heavy (non-hydrogen) atoms. The zero-order chi connectivity index (χ0) is 18.8. The van der Waals surface area contributed by atoms with Crippen molar-refractivity contribution in [2.75, 3.05) is 19.8 Å². The highest BCUT2D eigenvalue weighted by molar-refractivity contribution is 5.99. The van der Waals surface area contributed by atoms with Gasteiger partial charge in [0.25, 0.3) is 0 Å². The van der Waals surface area contributed by atoms with Crippen LogP contribution in [0, 0.1) is 0 Å². The Hall–Kier alpha value is -2.82. The minimum absolute atomic E-state index is 0.247. The van der Waals surface area contributed by atoms with E-state index in [1.54, 1.807) is 42.5 Å². The van der Waals surface area contributed by atoms with E-state index >= 15 is 0 Å². The van der Waals surface area contributed by atoms with Crippen LogP contribution < -0.4 is 9.47 Å². The number of esters is 1. The smallest absolute Gasteiger partial charge is 0.338 e. The Morgan fingerprint density at radius 1 is 0.885 bits per heavy atom. The van der Waals surface area contributed by atoms with Crippen molar-refractivity contribution in [1.82, 2.24) is 0 Å². The van der Waals surface area contributed by atoms with Crippen molar-refractivity contribution < 1.29 is 23.8 Å². The molecule has 0 saturated carbocycles. The van der Waals surface area contributed by atoms with Gasteiger partial charge >= 0.3 is 5.97 Å². The molecule has 0 spiro atoms. The van der Waals surface area contributed by atoms with Gasteiger partial charge in [0.05, 0.1) is 18.8 Å². The second kappa shape index (κ2) is 10.2. The van der Waals surface area contributed by atoms with Gasteiger partial charge in [-0.2, -0.15) is 0 Å². The van der Waals surface area contributed by atoms with Crippen molar-refractivity contribution in [3.05, 3.63) is 59.7 Å². The summed E-state index contributed by atoms with van der Waals surface area (Å²) < 4.78 is 16.4. The number of benzene rings is 2. The number of ether oxygens (including phenoxy) is 3. The van der Waals surface area contributed by atoms with Crippen LogP contribution in [0.2, 0.25) is 0 Å². The highest BCUT2D eigenvalue weighted by Crippen LogP contribution is 2.29. The largest absolute Gasteiger partial charge is 0.490 e. The molecule has 2 aromatic rings. The molecule has 0 amide bonds. The first kappa shape index (κ1) is 19.5. The Morgan fingerprint density at radius 3 is 2.35 bits per heavy atom. The molecule has 0 radical (unpaired) electrons. The molecule has 5 nitrogen and oxygen atoms in total. The van der Waals surface area contributed by atoms with Crippen LogP contribution in [0.4, 0.5) is 0 Å². The van der Waals surface area contributed by atoms with Crippen LogP contribution >= 0.6 is 0 Å². The van der Waals surface area contributed by atoms with E-state index in [2.05, 4.69) is 6.92 Å². The van der Waals surface area contributed by atoms with Crippen molar-refractivity contribution in [3.8, 4) is 11.5 Å². The summed E-state index contributed by atoms with van der Waals surface area (Å²) in [5, 5.41) is 0. The van der Waals surface area contributed by atoms with E-state index < -0.39 is 5.97 Å². The standard InChI is InChI=1S/C21H24O5/c1-3-5-13-25-19-12-11-17(14-20(19)24-4-2)21(23)26-15-18(22)16-9-7-6-8-10-16/h6-12,14H,3-5,13,15H2,1-2H3. The van der Waals surface area contributed by atoms with Gasteiger partial charge in [-0.1, -0.05) is 43.7 Å². The fraction of sp³-hybridized carbons (Fsp3) is 0.333. The van der Waals surface area contributed by atoms with Crippen LogP contribution in [0.15, 0.2) is 48.5 Å². The van der Waals surface area contributed by atoms with Crippen molar-refractivity contribution in [2.45, 2.75) is 26.7 Å². The lowest BCUT2D eigenvalue weighted by Crippen LogP contribution is -2.14. The maximum Gasteiger partial charge on any atom is 0.338 e. The van der Waals surface area contributed by atoms with Gasteiger partial charge in [-0.05, 0) is 31.5 Å². The van der Waals surface area contributed by atoms with Gasteiger partial charge in [-0.3, -0.25) is 4.79 Å². The molecule has 0 aromatic heterocycles. The number of hydrogen-bond acceptors (Lipinski definition) is 5. The Morgan fingerprint density at radius 2 is 1.65 bits per heavy atom. The SMILES string of the molecule is CCCCOc1ccc(C(=O)OCC(=O)c2ccccc2)cc1OCC. The quantitative estimate of drug-likeness (QED) is 0.361. The molecule has 0 heterocycles. The second-order valence-corrected chi connectivity index (χ2v) is 5.66. The molecule has 0 fully saturated rings. The molecule has 0 atom stereocenters. The summed E-state index contributed by atoms with van der Waals surface area (Å²) in [6, 6.07) is 13.6. The Balaban J connectivity index is 2.01. The van der Waals surface area contributed by atoms with Crippen LogP contribution in [-0.2, 0) is 4.74 Å². The number of ketones is 1. The summed E-state index contributed by atoms with van der Waals surface area (Å²) in [6.45, 7) is 4.69. The maximum atomic E-state index is 12.2. The van der Waals surface area contributed by atoms with E-state index in [1.807, 2.05) is 13.0 Å². The predicted octanol–water partition coefficient (Wildman–Crippen LogP) is 4.30. The Kier molecular flexibility index (Phi) is 7.68. The third-order valence-electron chi connectivity index (χ3n) is 3.66. The first-order chi connectivity index (χ1) is 12.7. The lowest BCUT2D eigenvalue weighted by Gasteiger charge is -2.13. The molecule has 0 N–H and O–H groups in total. The van der Waals surface area contributed by atoms with Crippen LogP contribution in [-0.4, -0.2) is 31.6 Å². The summed E-state index contributed by atoms with van der Waals surface area (Å²) in [5.41, 5.74) is 0.826. The van der Waals surface area contributed by atoms with E-state index in [4.69, 9.17) is 14.2 Å². The number of hydrogen-bond donors (Lipinski definition) is 0. The second-order valence-electron chi connectivity index (χ2n) is 5.66. The molecule has 0 unspecified atom stereocenters. The average Bonchev–Trinajstić information content (AvgIpc) is 2.68. The number of rotatable bonds is 10. The summed E-state index contributed by atoms with van der Waals surface area (Å²) in [4.78, 5) is 24.3. The lowest BCUT2D eigenvalue weighted by atomic mass is 10.1. The maximum absolute atomic E-state index is 12.2. The summed E-state index contributed by atoms with van der Waals surface area (Å²) in [6.07, 6.45) is 1.97. The fourth-order valence-electron chi connectivity index (χ4n) is 2.27. The zero-order valence-electron chi connectivity index (χ0n) is 15.2. The number of carbonyl (C=O) groups excluding carboxylic acids is 2. The van der Waals surface area contributed by atoms with Gasteiger partial charge < -0.3 is 14.2 Å². The minimum atomic E-state index is -0.574. The molecule has 2 aromatic carbocycles. The lowest BCUT2D eigenvalue weighted by molar-refractivity contribution is 0.0474. The molecule has 5 heteroatoms. The minimum Gasteiger partial charge on any atom is -0.490 e. The summed E-state index contributed by atoms with van der Waals surface area (Å²) in [5.74, 6) is 0.267. The topological polar surface area (TPSA) is 61.8 Å². The molecule has 0 bridgehead atoms. The molecule has 0 aliphatic rings. The van der Waals surface area contributed by atoms with Gasteiger partial charge in [0.2, 0.25) is 0 Å². The molecular weight excluding hydrogens is 332 g/mol. The van der Waals surface area contributed by atoms with Crippen molar-refractivity contribution >= 4 is 11.8 Å². The first-order valence-corrected chi connectivity index (χ1v) is 8.80. The average molecular weight is 356 g/mol. The molecule has 0 saturated heterocycles. The molecule has 0 aliphatic heterocycles. The first-order valence-electron chi connectivity index (χ1n) is 8.80. The van der Waals surface area contributed by atoms with E-state index in [-0.39, 0.29) is 12.4 Å². The van der Waals surface area contributed by atoms with Gasteiger partial charge in [-0.15, -0.1) is 0 Å². The Labute approximate surface area is 153 Å². The van der Waals surface area contributed by atoms with Crippen molar-refractivity contribution in [3.63, 3.8) is 0 Å². The predicted molar refractivity (Wildman–Crippen MR) is 99.1 cm³/mol. The highest BCUT2D eigenvalue weighted by atomic mass is 16.5. The summed E-state index contributed by atoms with van der Waals surface area (Å²) >= 11 is 0. The monoisotopic (exact) mass is 356 g/mol. The van der Waals surface area contributed by atoms with E-state index in [1.165, 1.54) is 0 Å². The number of carbonyl (C=O) groups is 2. The normalized spacial score (nSPS) is 10.2. The van der Waals surface area contributed by atoms with E-state index in [9.17, 15) is 9.59 Å². The summed E-state index contributed by atoms with van der Waals surface area (Å²) in [7, 11) is 0. The van der Waals surface area contributed by atoms with Gasteiger partial charge in [0.15, 0.2) is 23.9 Å². The van der Waals surface area contributed by atoms with E-state index in [0.29, 0.717) is 35.8 Å². The molecule has 0 aliphatic carbocycles. The van der Waals surface area contributed by atoms with Gasteiger partial charge in [0, 0.05) is 5.56 Å². The van der Waals surface area contributed by atoms with Crippen LogP contribution in [0.5, 0.6) is 11.5 Å². The zero-order valence-corrected chi connectivity index (χ0v) is 15.2.